The predicted molar refractivity (Wildman–Crippen MR) is 70.2 cm³/mol. The molecule has 4 nitrogen and oxygen atoms in total. The molecular formula is C14H21NO3. The van der Waals surface area contributed by atoms with E-state index in [0.717, 1.165) is 30.0 Å². The Morgan fingerprint density at radius 2 is 2.00 bits per heavy atom. The molecular weight excluding hydrogens is 230 g/mol. The minimum atomic E-state index is -0.898. The molecule has 0 spiro atoms. The Balaban J connectivity index is 2.11. The maximum atomic E-state index is 10.5. The summed E-state index contributed by atoms with van der Waals surface area (Å²) in [7, 11) is 0. The zero-order chi connectivity index (χ0) is 13.0. The molecule has 18 heavy (non-hydrogen) atoms. The van der Waals surface area contributed by atoms with Crippen LogP contribution in [0.4, 0.5) is 0 Å². The van der Waals surface area contributed by atoms with Gasteiger partial charge < -0.3 is 19.9 Å². The van der Waals surface area contributed by atoms with Crippen molar-refractivity contribution in [2.45, 2.75) is 25.9 Å². The smallest absolute Gasteiger partial charge is 0.161 e. The van der Waals surface area contributed by atoms with Crippen LogP contribution in [0.2, 0.25) is 0 Å². The van der Waals surface area contributed by atoms with Crippen LogP contribution in [0.1, 0.15) is 25.8 Å². The summed E-state index contributed by atoms with van der Waals surface area (Å²) in [6.45, 7) is 6.49. The van der Waals surface area contributed by atoms with E-state index in [0.29, 0.717) is 19.8 Å². The van der Waals surface area contributed by atoms with Gasteiger partial charge in [-0.1, -0.05) is 13.0 Å². The molecule has 2 rings (SSSR count). The highest BCUT2D eigenvalue weighted by Gasteiger charge is 2.24. The quantitative estimate of drug-likeness (QED) is 0.782. The van der Waals surface area contributed by atoms with Crippen molar-refractivity contribution in [3.63, 3.8) is 0 Å². The topological polar surface area (TPSA) is 50.7 Å². The van der Waals surface area contributed by atoms with Crippen molar-refractivity contribution in [2.75, 3.05) is 26.3 Å². The summed E-state index contributed by atoms with van der Waals surface area (Å²) < 4.78 is 11.0. The van der Waals surface area contributed by atoms with E-state index >= 15 is 0 Å². The summed E-state index contributed by atoms with van der Waals surface area (Å²) in [6.07, 6.45) is 1.05. The molecule has 2 N–H and O–H groups in total. The van der Waals surface area contributed by atoms with Crippen molar-refractivity contribution >= 4 is 0 Å². The summed E-state index contributed by atoms with van der Waals surface area (Å²) >= 11 is 0. The fourth-order valence-electron chi connectivity index (χ4n) is 1.99. The molecule has 0 fully saturated rings. The van der Waals surface area contributed by atoms with Crippen LogP contribution in [0.15, 0.2) is 18.2 Å². The van der Waals surface area contributed by atoms with E-state index in [-0.39, 0.29) is 0 Å². The third-order valence-corrected chi connectivity index (χ3v) is 3.06. The van der Waals surface area contributed by atoms with Gasteiger partial charge in [0.2, 0.25) is 0 Å². The summed E-state index contributed by atoms with van der Waals surface area (Å²) in [5.41, 5.74) is -0.0549. The van der Waals surface area contributed by atoms with E-state index in [2.05, 4.69) is 12.2 Å². The Morgan fingerprint density at radius 3 is 2.72 bits per heavy atom. The molecule has 1 aliphatic heterocycles. The molecule has 4 heteroatoms. The average Bonchev–Trinajstić information content (AvgIpc) is 2.38. The molecule has 0 aliphatic carbocycles. The third-order valence-electron chi connectivity index (χ3n) is 3.06. The normalized spacial score (nSPS) is 17.3. The summed E-state index contributed by atoms with van der Waals surface area (Å²) in [5, 5.41) is 13.7. The van der Waals surface area contributed by atoms with Gasteiger partial charge in [0.05, 0.1) is 5.60 Å². The fourth-order valence-corrected chi connectivity index (χ4v) is 1.99. The largest absolute Gasteiger partial charge is 0.486 e. The molecule has 100 valence electrons. The lowest BCUT2D eigenvalue weighted by atomic mass is 9.95. The SMILES string of the molecule is CCCNCC(C)(O)c1ccc2c(c1)OCCO2. The minimum Gasteiger partial charge on any atom is -0.486 e. The van der Waals surface area contributed by atoms with Gasteiger partial charge >= 0.3 is 0 Å². The standard InChI is InChI=1S/C14H21NO3/c1-3-6-15-10-14(2,16)11-4-5-12-13(9-11)18-8-7-17-12/h4-5,9,15-16H,3,6-8,10H2,1-2H3. The predicted octanol–water partition coefficient (Wildman–Crippen LogP) is 1.66. The van der Waals surface area contributed by atoms with Gasteiger partial charge in [0, 0.05) is 6.54 Å². The van der Waals surface area contributed by atoms with E-state index in [1.165, 1.54) is 0 Å². The highest BCUT2D eigenvalue weighted by Crippen LogP contribution is 2.34. The number of aliphatic hydroxyl groups is 1. The molecule has 1 atom stereocenters. The highest BCUT2D eigenvalue weighted by molar-refractivity contribution is 5.45. The zero-order valence-corrected chi connectivity index (χ0v) is 11.0. The lowest BCUT2D eigenvalue weighted by Gasteiger charge is -2.26. The van der Waals surface area contributed by atoms with Gasteiger partial charge in [-0.25, -0.2) is 0 Å². The lowest BCUT2D eigenvalue weighted by molar-refractivity contribution is 0.0565. The molecule has 1 aliphatic rings. The van der Waals surface area contributed by atoms with Crippen molar-refractivity contribution in [3.8, 4) is 11.5 Å². The lowest BCUT2D eigenvalue weighted by Crippen LogP contribution is -2.35. The molecule has 1 aromatic carbocycles. The van der Waals surface area contributed by atoms with E-state index in [1.54, 1.807) is 6.92 Å². The number of benzene rings is 1. The van der Waals surface area contributed by atoms with Crippen LogP contribution in [0.3, 0.4) is 0 Å². The van der Waals surface area contributed by atoms with Crippen molar-refractivity contribution in [3.05, 3.63) is 23.8 Å². The van der Waals surface area contributed by atoms with E-state index in [4.69, 9.17) is 9.47 Å². The minimum absolute atomic E-state index is 0.528. The van der Waals surface area contributed by atoms with Crippen molar-refractivity contribution < 1.29 is 14.6 Å². The molecule has 0 radical (unpaired) electrons. The maximum Gasteiger partial charge on any atom is 0.161 e. The maximum absolute atomic E-state index is 10.5. The van der Waals surface area contributed by atoms with Crippen molar-refractivity contribution in [1.82, 2.24) is 5.32 Å². The Morgan fingerprint density at radius 1 is 1.28 bits per heavy atom. The molecule has 1 unspecified atom stereocenters. The summed E-state index contributed by atoms with van der Waals surface area (Å²) in [5.74, 6) is 1.47. The first-order chi connectivity index (χ1) is 8.63. The Hall–Kier alpha value is -1.26. The first kappa shape index (κ1) is 13.2. The summed E-state index contributed by atoms with van der Waals surface area (Å²) in [6, 6.07) is 5.61. The number of rotatable bonds is 5. The fraction of sp³-hybridized carbons (Fsp3) is 0.571. The van der Waals surface area contributed by atoms with Crippen molar-refractivity contribution in [1.29, 1.82) is 0 Å². The third kappa shape index (κ3) is 2.94. The van der Waals surface area contributed by atoms with Gasteiger partial charge in [0.1, 0.15) is 13.2 Å². The Bertz CT molecular complexity index is 404. The molecule has 0 saturated heterocycles. The van der Waals surface area contributed by atoms with Gasteiger partial charge in [0.25, 0.3) is 0 Å². The second-order valence-corrected chi connectivity index (χ2v) is 4.81. The van der Waals surface area contributed by atoms with Crippen LogP contribution in [0.5, 0.6) is 11.5 Å². The number of fused-ring (bicyclic) bond motifs is 1. The van der Waals surface area contributed by atoms with E-state index < -0.39 is 5.60 Å². The van der Waals surface area contributed by atoms with Crippen LogP contribution in [-0.2, 0) is 5.60 Å². The molecule has 1 heterocycles. The van der Waals surface area contributed by atoms with Crippen LogP contribution < -0.4 is 14.8 Å². The summed E-state index contributed by atoms with van der Waals surface area (Å²) in [4.78, 5) is 0. The van der Waals surface area contributed by atoms with E-state index in [9.17, 15) is 5.11 Å². The molecule has 0 aromatic heterocycles. The van der Waals surface area contributed by atoms with Gasteiger partial charge in [-0.15, -0.1) is 0 Å². The van der Waals surface area contributed by atoms with Crippen LogP contribution in [0, 0.1) is 0 Å². The first-order valence-corrected chi connectivity index (χ1v) is 6.47. The van der Waals surface area contributed by atoms with Crippen LogP contribution in [-0.4, -0.2) is 31.4 Å². The molecule has 0 bridgehead atoms. The number of ether oxygens (including phenoxy) is 2. The second-order valence-electron chi connectivity index (χ2n) is 4.81. The van der Waals surface area contributed by atoms with Crippen LogP contribution >= 0.6 is 0 Å². The molecule has 1 aromatic rings. The number of hydrogen-bond donors (Lipinski definition) is 2. The zero-order valence-electron chi connectivity index (χ0n) is 11.0. The number of hydrogen-bond acceptors (Lipinski definition) is 4. The monoisotopic (exact) mass is 251 g/mol. The highest BCUT2D eigenvalue weighted by atomic mass is 16.6. The Labute approximate surface area is 108 Å². The average molecular weight is 251 g/mol. The van der Waals surface area contributed by atoms with Gasteiger partial charge in [-0.2, -0.15) is 0 Å². The Kier molecular flexibility index (Phi) is 4.09. The molecule has 0 amide bonds. The van der Waals surface area contributed by atoms with Crippen LogP contribution in [0.25, 0.3) is 0 Å². The van der Waals surface area contributed by atoms with Gasteiger partial charge in [-0.3, -0.25) is 0 Å². The van der Waals surface area contributed by atoms with Crippen molar-refractivity contribution in [2.24, 2.45) is 0 Å². The van der Waals surface area contributed by atoms with Gasteiger partial charge in [0.15, 0.2) is 11.5 Å². The second kappa shape index (κ2) is 5.59. The van der Waals surface area contributed by atoms with Gasteiger partial charge in [-0.05, 0) is 37.6 Å². The first-order valence-electron chi connectivity index (χ1n) is 6.47. The number of nitrogens with one attached hydrogen (secondary N) is 1. The van der Waals surface area contributed by atoms with E-state index in [1.807, 2.05) is 18.2 Å². The molecule has 0 saturated carbocycles.